The largest absolute Gasteiger partial charge is 0.444 e. The summed E-state index contributed by atoms with van der Waals surface area (Å²) in [5, 5.41) is 12.8. The molecule has 1 saturated heterocycles. The highest BCUT2D eigenvalue weighted by Crippen LogP contribution is 2.40. The second-order valence-corrected chi connectivity index (χ2v) is 11.9. The number of aromatic nitrogens is 2. The summed E-state index contributed by atoms with van der Waals surface area (Å²) < 4.78 is 5.58. The molecule has 3 aromatic rings. The number of amides is 3. The summed E-state index contributed by atoms with van der Waals surface area (Å²) in [4.78, 5) is 39.7. The topological polar surface area (TPSA) is 111 Å². The molecule has 2 atom stereocenters. The van der Waals surface area contributed by atoms with Crippen molar-refractivity contribution in [2.45, 2.75) is 66.2 Å². The first-order valence-electron chi connectivity index (χ1n) is 12.9. The molecule has 0 radical (unpaired) electrons. The summed E-state index contributed by atoms with van der Waals surface area (Å²) in [6.07, 6.45) is -0.376. The van der Waals surface area contributed by atoms with E-state index < -0.39 is 5.60 Å². The van der Waals surface area contributed by atoms with Crippen molar-refractivity contribution in [3.05, 3.63) is 53.3 Å². The van der Waals surface area contributed by atoms with Crippen molar-refractivity contribution in [1.29, 1.82) is 5.26 Å². The van der Waals surface area contributed by atoms with E-state index in [1.54, 1.807) is 21.9 Å². The molecule has 1 fully saturated rings. The number of urea groups is 1. The van der Waals surface area contributed by atoms with Crippen LogP contribution in [0.2, 0.25) is 0 Å². The minimum Gasteiger partial charge on any atom is -0.444 e. The quantitative estimate of drug-likeness (QED) is 0.417. The second-order valence-electron chi connectivity index (χ2n) is 10.9. The zero-order valence-corrected chi connectivity index (χ0v) is 24.2. The van der Waals surface area contributed by atoms with E-state index in [0.717, 1.165) is 27.4 Å². The SMILES string of the molecule is Cc1cc(-c2sc(NC(=O)N3CC(C)N(C(=O)OC(C)(C)C)C(C)C3)nc2-c2cccc(C#N)c2)cc(C)n1. The van der Waals surface area contributed by atoms with Gasteiger partial charge < -0.3 is 9.64 Å². The molecule has 10 heteroatoms. The summed E-state index contributed by atoms with van der Waals surface area (Å²) in [7, 11) is 0. The molecule has 2 unspecified atom stereocenters. The molecule has 3 amide bonds. The molecule has 1 aromatic carbocycles. The number of nitrogens with one attached hydrogen (secondary N) is 1. The van der Waals surface area contributed by atoms with Crippen LogP contribution in [0.1, 0.15) is 51.6 Å². The molecule has 1 aliphatic rings. The minimum atomic E-state index is -0.593. The number of rotatable bonds is 3. The summed E-state index contributed by atoms with van der Waals surface area (Å²) in [5.41, 5.74) is 4.13. The van der Waals surface area contributed by atoms with Crippen LogP contribution in [-0.2, 0) is 4.74 Å². The first kappa shape index (κ1) is 28.0. The fourth-order valence-electron chi connectivity index (χ4n) is 4.80. The number of piperazine rings is 1. The van der Waals surface area contributed by atoms with Crippen LogP contribution >= 0.6 is 11.3 Å². The number of pyridine rings is 1. The van der Waals surface area contributed by atoms with Crippen LogP contribution in [0.4, 0.5) is 14.7 Å². The molecule has 0 spiro atoms. The highest BCUT2D eigenvalue weighted by molar-refractivity contribution is 7.19. The fourth-order valence-corrected chi connectivity index (χ4v) is 5.76. The smallest absolute Gasteiger partial charge is 0.410 e. The Kier molecular flexibility index (Phi) is 7.93. The van der Waals surface area contributed by atoms with Gasteiger partial charge in [0.15, 0.2) is 5.13 Å². The molecule has 204 valence electrons. The van der Waals surface area contributed by atoms with E-state index in [4.69, 9.17) is 9.72 Å². The molecule has 3 heterocycles. The lowest BCUT2D eigenvalue weighted by molar-refractivity contribution is -0.00868. The highest BCUT2D eigenvalue weighted by Gasteiger charge is 2.37. The maximum atomic E-state index is 13.4. The number of hydrogen-bond acceptors (Lipinski definition) is 7. The predicted molar refractivity (Wildman–Crippen MR) is 153 cm³/mol. The number of ether oxygens (including phenoxy) is 1. The van der Waals surface area contributed by atoms with Gasteiger partial charge in [0, 0.05) is 30.0 Å². The monoisotopic (exact) mass is 546 g/mol. The third-order valence-electron chi connectivity index (χ3n) is 6.26. The summed E-state index contributed by atoms with van der Waals surface area (Å²) in [6, 6.07) is 12.7. The van der Waals surface area contributed by atoms with Gasteiger partial charge >= 0.3 is 12.1 Å². The number of benzene rings is 1. The lowest BCUT2D eigenvalue weighted by atomic mass is 10.0. The average molecular weight is 547 g/mol. The molecular weight excluding hydrogens is 512 g/mol. The Bertz CT molecular complexity index is 1410. The van der Waals surface area contributed by atoms with Crippen LogP contribution in [0.15, 0.2) is 36.4 Å². The van der Waals surface area contributed by atoms with Crippen LogP contribution in [-0.4, -0.2) is 62.7 Å². The number of thiazole rings is 1. The number of carbonyl (C=O) groups is 2. The Balaban J connectivity index is 1.60. The van der Waals surface area contributed by atoms with Gasteiger partial charge in [-0.2, -0.15) is 5.26 Å². The normalized spacial score (nSPS) is 17.5. The number of nitrogens with zero attached hydrogens (tertiary/aromatic N) is 5. The Morgan fingerprint density at radius 1 is 1.05 bits per heavy atom. The molecule has 9 nitrogen and oxygen atoms in total. The average Bonchev–Trinajstić information content (AvgIpc) is 3.25. The van der Waals surface area contributed by atoms with Gasteiger partial charge in [0.2, 0.25) is 0 Å². The third-order valence-corrected chi connectivity index (χ3v) is 7.28. The molecule has 1 N–H and O–H groups in total. The van der Waals surface area contributed by atoms with Crippen LogP contribution in [0, 0.1) is 25.2 Å². The molecule has 0 aliphatic carbocycles. The van der Waals surface area contributed by atoms with Crippen molar-refractivity contribution in [2.75, 3.05) is 18.4 Å². The number of hydrogen-bond donors (Lipinski definition) is 1. The van der Waals surface area contributed by atoms with Crippen LogP contribution in [0.5, 0.6) is 0 Å². The third kappa shape index (κ3) is 6.55. The molecule has 39 heavy (non-hydrogen) atoms. The zero-order valence-electron chi connectivity index (χ0n) is 23.4. The predicted octanol–water partition coefficient (Wildman–Crippen LogP) is 6.22. The zero-order chi connectivity index (χ0) is 28.5. The van der Waals surface area contributed by atoms with Crippen molar-refractivity contribution in [3.63, 3.8) is 0 Å². The molecule has 0 bridgehead atoms. The van der Waals surface area contributed by atoms with E-state index >= 15 is 0 Å². The van der Waals surface area contributed by atoms with Gasteiger partial charge in [-0.1, -0.05) is 23.5 Å². The maximum absolute atomic E-state index is 13.4. The second kappa shape index (κ2) is 11.0. The molecule has 4 rings (SSSR count). The molecule has 2 aromatic heterocycles. The first-order valence-corrected chi connectivity index (χ1v) is 13.7. The Morgan fingerprint density at radius 2 is 1.69 bits per heavy atom. The molecule has 0 saturated carbocycles. The van der Waals surface area contributed by atoms with Gasteiger partial charge in [0.1, 0.15) is 5.60 Å². The number of aryl methyl sites for hydroxylation is 2. The van der Waals surface area contributed by atoms with Gasteiger partial charge in [-0.25, -0.2) is 14.6 Å². The Morgan fingerprint density at radius 3 is 2.28 bits per heavy atom. The van der Waals surface area contributed by atoms with E-state index in [-0.39, 0.29) is 24.2 Å². The number of carbonyl (C=O) groups excluding carboxylic acids is 2. The fraction of sp³-hybridized carbons (Fsp3) is 0.414. The van der Waals surface area contributed by atoms with E-state index in [2.05, 4.69) is 16.4 Å². The lowest BCUT2D eigenvalue weighted by Crippen LogP contribution is -2.61. The number of nitriles is 1. The maximum Gasteiger partial charge on any atom is 0.410 e. The van der Waals surface area contributed by atoms with Crippen LogP contribution in [0.3, 0.4) is 0 Å². The molecule has 1 aliphatic heterocycles. The Hall–Kier alpha value is -3.97. The lowest BCUT2D eigenvalue weighted by Gasteiger charge is -2.44. The Labute approximate surface area is 233 Å². The van der Waals surface area contributed by atoms with Crippen molar-refractivity contribution >= 4 is 28.6 Å². The summed E-state index contributed by atoms with van der Waals surface area (Å²) >= 11 is 1.38. The van der Waals surface area contributed by atoms with Gasteiger partial charge in [-0.15, -0.1) is 0 Å². The first-order chi connectivity index (χ1) is 18.3. The highest BCUT2D eigenvalue weighted by atomic mass is 32.1. The van der Waals surface area contributed by atoms with Crippen LogP contribution < -0.4 is 5.32 Å². The van der Waals surface area contributed by atoms with Crippen molar-refractivity contribution < 1.29 is 14.3 Å². The van der Waals surface area contributed by atoms with E-state index in [0.29, 0.717) is 29.5 Å². The van der Waals surface area contributed by atoms with Gasteiger partial charge in [-0.05, 0) is 78.3 Å². The van der Waals surface area contributed by atoms with E-state index in [1.807, 2.05) is 72.7 Å². The van der Waals surface area contributed by atoms with Crippen LogP contribution in [0.25, 0.3) is 21.7 Å². The van der Waals surface area contributed by atoms with E-state index in [9.17, 15) is 14.9 Å². The summed E-state index contributed by atoms with van der Waals surface area (Å²) in [6.45, 7) is 14.0. The van der Waals surface area contributed by atoms with Gasteiger partial charge in [0.05, 0.1) is 34.3 Å². The minimum absolute atomic E-state index is 0.215. The van der Waals surface area contributed by atoms with Gasteiger partial charge in [0.25, 0.3) is 0 Å². The van der Waals surface area contributed by atoms with Crippen molar-refractivity contribution in [2.24, 2.45) is 0 Å². The molecular formula is C29H34N6O3S. The number of anilines is 1. The van der Waals surface area contributed by atoms with Gasteiger partial charge in [-0.3, -0.25) is 15.2 Å². The van der Waals surface area contributed by atoms with Crippen molar-refractivity contribution in [1.82, 2.24) is 19.8 Å². The van der Waals surface area contributed by atoms with Crippen molar-refractivity contribution in [3.8, 4) is 27.8 Å². The standard InChI is InChI=1S/C29H34N6O3S/c1-17-11-23(12-18(2)31-17)25-24(22-10-8-9-21(13-22)14-30)32-26(39-25)33-27(36)34-15-19(3)35(20(4)16-34)28(37)38-29(5,6)7/h8-13,19-20H,15-16H2,1-7H3,(H,32,33,36). The summed E-state index contributed by atoms with van der Waals surface area (Å²) in [5.74, 6) is 0. The van der Waals surface area contributed by atoms with E-state index in [1.165, 1.54) is 11.3 Å².